The fraction of sp³-hybridized carbons (Fsp3) is 0.529. The van der Waals surface area contributed by atoms with E-state index in [0.29, 0.717) is 12.3 Å². The molecule has 1 atom stereocenters. The zero-order valence-electron chi connectivity index (χ0n) is 13.4. The number of amides is 2. The summed E-state index contributed by atoms with van der Waals surface area (Å²) in [6, 6.07) is 7.41. The minimum Gasteiger partial charge on any atom is -0.340 e. The van der Waals surface area contributed by atoms with Gasteiger partial charge >= 0.3 is 0 Å². The van der Waals surface area contributed by atoms with Crippen LogP contribution in [0, 0.1) is 0 Å². The highest BCUT2D eigenvalue weighted by molar-refractivity contribution is 6.10. The molecular weight excluding hydrogens is 264 g/mol. The minimum absolute atomic E-state index is 0.0537. The molecule has 1 aliphatic heterocycles. The molecule has 4 nitrogen and oxygen atoms in total. The van der Waals surface area contributed by atoms with Gasteiger partial charge in [-0.05, 0) is 37.8 Å². The number of hydrogen-bond acceptors (Lipinski definition) is 2. The number of hydrogen-bond donors (Lipinski definition) is 1. The molecule has 1 aromatic carbocycles. The SMILES string of the molecule is CCC1C(=O)NC(C)(C)C(=O)N1c1ccccc1C(C)C. The van der Waals surface area contributed by atoms with Gasteiger partial charge in [0, 0.05) is 5.69 Å². The molecule has 0 aliphatic carbocycles. The van der Waals surface area contributed by atoms with Crippen LogP contribution in [0.3, 0.4) is 0 Å². The maximum absolute atomic E-state index is 12.8. The van der Waals surface area contributed by atoms with Gasteiger partial charge in [0.2, 0.25) is 5.91 Å². The summed E-state index contributed by atoms with van der Waals surface area (Å²) in [5.74, 6) is 0.155. The summed E-state index contributed by atoms with van der Waals surface area (Å²) in [5, 5.41) is 2.82. The lowest BCUT2D eigenvalue weighted by Crippen LogP contribution is -2.68. The van der Waals surface area contributed by atoms with Crippen molar-refractivity contribution in [2.45, 2.75) is 58.5 Å². The van der Waals surface area contributed by atoms with E-state index in [1.54, 1.807) is 18.7 Å². The van der Waals surface area contributed by atoms with E-state index in [1.165, 1.54) is 0 Å². The quantitative estimate of drug-likeness (QED) is 0.929. The van der Waals surface area contributed by atoms with E-state index in [2.05, 4.69) is 19.2 Å². The molecule has 2 amide bonds. The normalized spacial score (nSPS) is 21.6. The highest BCUT2D eigenvalue weighted by atomic mass is 16.2. The number of carbonyl (C=O) groups is 2. The van der Waals surface area contributed by atoms with Crippen molar-refractivity contribution < 1.29 is 9.59 Å². The van der Waals surface area contributed by atoms with Crippen LogP contribution in [-0.4, -0.2) is 23.4 Å². The molecule has 0 spiro atoms. The molecule has 1 aliphatic rings. The van der Waals surface area contributed by atoms with Crippen molar-refractivity contribution in [1.82, 2.24) is 5.32 Å². The first-order chi connectivity index (χ1) is 9.79. The van der Waals surface area contributed by atoms with Gasteiger partial charge in [-0.2, -0.15) is 0 Å². The molecule has 1 aromatic rings. The van der Waals surface area contributed by atoms with Gasteiger partial charge in [-0.15, -0.1) is 0 Å². The lowest BCUT2D eigenvalue weighted by atomic mass is 9.92. The zero-order chi connectivity index (χ0) is 15.8. The molecule has 1 unspecified atom stereocenters. The summed E-state index contributed by atoms with van der Waals surface area (Å²) in [4.78, 5) is 26.9. The van der Waals surface area contributed by atoms with Gasteiger partial charge in [0.25, 0.3) is 5.91 Å². The largest absolute Gasteiger partial charge is 0.340 e. The van der Waals surface area contributed by atoms with Gasteiger partial charge in [0.1, 0.15) is 11.6 Å². The first kappa shape index (κ1) is 15.5. The Morgan fingerprint density at radius 2 is 1.86 bits per heavy atom. The Hall–Kier alpha value is -1.84. The van der Waals surface area contributed by atoms with Crippen molar-refractivity contribution in [3.8, 4) is 0 Å². The molecule has 114 valence electrons. The number of nitrogens with one attached hydrogen (secondary N) is 1. The van der Waals surface area contributed by atoms with Crippen LogP contribution in [0.5, 0.6) is 0 Å². The van der Waals surface area contributed by atoms with E-state index >= 15 is 0 Å². The lowest BCUT2D eigenvalue weighted by Gasteiger charge is -2.43. The Labute approximate surface area is 126 Å². The van der Waals surface area contributed by atoms with E-state index in [4.69, 9.17) is 0 Å². The topological polar surface area (TPSA) is 49.4 Å². The third kappa shape index (κ3) is 2.67. The standard InChI is InChI=1S/C17H24N2O2/c1-6-13-15(20)18-17(4,5)16(21)19(13)14-10-8-7-9-12(14)11(2)3/h7-11,13H,6H2,1-5H3,(H,18,20). The Morgan fingerprint density at radius 3 is 2.43 bits per heavy atom. The first-order valence-corrected chi connectivity index (χ1v) is 7.54. The second-order valence-corrected chi connectivity index (χ2v) is 6.43. The second-order valence-electron chi connectivity index (χ2n) is 6.43. The van der Waals surface area contributed by atoms with Crippen LogP contribution in [0.15, 0.2) is 24.3 Å². The lowest BCUT2D eigenvalue weighted by molar-refractivity contribution is -0.137. The van der Waals surface area contributed by atoms with Crippen LogP contribution in [0.2, 0.25) is 0 Å². The summed E-state index contributed by atoms with van der Waals surface area (Å²) in [5.41, 5.74) is 1.08. The van der Waals surface area contributed by atoms with Crippen LogP contribution in [0.4, 0.5) is 5.69 Å². The highest BCUT2D eigenvalue weighted by Gasteiger charge is 2.45. The van der Waals surface area contributed by atoms with Gasteiger partial charge in [-0.25, -0.2) is 0 Å². The van der Waals surface area contributed by atoms with E-state index in [9.17, 15) is 9.59 Å². The van der Waals surface area contributed by atoms with Crippen molar-refractivity contribution in [3.05, 3.63) is 29.8 Å². The molecule has 21 heavy (non-hydrogen) atoms. The molecule has 1 fully saturated rings. The van der Waals surface area contributed by atoms with Crippen LogP contribution in [0.25, 0.3) is 0 Å². The predicted molar refractivity (Wildman–Crippen MR) is 84.3 cm³/mol. The zero-order valence-corrected chi connectivity index (χ0v) is 13.4. The van der Waals surface area contributed by atoms with Gasteiger partial charge in [0.15, 0.2) is 0 Å². The van der Waals surface area contributed by atoms with Crippen molar-refractivity contribution in [2.75, 3.05) is 4.90 Å². The summed E-state index contributed by atoms with van der Waals surface area (Å²) in [6.07, 6.45) is 0.597. The number of para-hydroxylation sites is 1. The molecule has 1 saturated heterocycles. The summed E-state index contributed by atoms with van der Waals surface area (Å²) in [6.45, 7) is 9.63. The fourth-order valence-corrected chi connectivity index (χ4v) is 2.85. The average Bonchev–Trinajstić information content (AvgIpc) is 2.42. The fourth-order valence-electron chi connectivity index (χ4n) is 2.85. The molecule has 1 N–H and O–H groups in total. The van der Waals surface area contributed by atoms with Crippen LogP contribution < -0.4 is 10.2 Å². The van der Waals surface area contributed by atoms with Crippen LogP contribution in [0.1, 0.15) is 52.5 Å². The third-order valence-electron chi connectivity index (χ3n) is 4.01. The second kappa shape index (κ2) is 5.51. The van der Waals surface area contributed by atoms with Crippen molar-refractivity contribution in [3.63, 3.8) is 0 Å². The number of carbonyl (C=O) groups excluding carboxylic acids is 2. The van der Waals surface area contributed by atoms with E-state index in [-0.39, 0.29) is 11.8 Å². The Kier molecular flexibility index (Phi) is 4.08. The van der Waals surface area contributed by atoms with Gasteiger partial charge in [0.05, 0.1) is 0 Å². The molecule has 0 aromatic heterocycles. The molecule has 0 saturated carbocycles. The van der Waals surface area contributed by atoms with Crippen LogP contribution >= 0.6 is 0 Å². The molecule has 0 bridgehead atoms. The molecular formula is C17H24N2O2. The Bertz CT molecular complexity index is 564. The van der Waals surface area contributed by atoms with Crippen molar-refractivity contribution >= 4 is 17.5 Å². The van der Waals surface area contributed by atoms with E-state index in [1.807, 2.05) is 31.2 Å². The summed E-state index contributed by atoms with van der Waals surface area (Å²) < 4.78 is 0. The minimum atomic E-state index is -0.868. The molecule has 2 rings (SSSR count). The number of nitrogens with zero attached hydrogens (tertiary/aromatic N) is 1. The molecule has 0 radical (unpaired) electrons. The maximum atomic E-state index is 12.8. The smallest absolute Gasteiger partial charge is 0.252 e. The Morgan fingerprint density at radius 1 is 1.24 bits per heavy atom. The average molecular weight is 288 g/mol. The maximum Gasteiger partial charge on any atom is 0.252 e. The highest BCUT2D eigenvalue weighted by Crippen LogP contribution is 2.33. The molecule has 1 heterocycles. The van der Waals surface area contributed by atoms with Crippen LogP contribution in [-0.2, 0) is 9.59 Å². The van der Waals surface area contributed by atoms with Crippen molar-refractivity contribution in [2.24, 2.45) is 0 Å². The van der Waals surface area contributed by atoms with Crippen molar-refractivity contribution in [1.29, 1.82) is 0 Å². The van der Waals surface area contributed by atoms with E-state index in [0.717, 1.165) is 11.3 Å². The molecule has 4 heteroatoms. The summed E-state index contributed by atoms with van der Waals surface area (Å²) >= 11 is 0. The number of benzene rings is 1. The van der Waals surface area contributed by atoms with Gasteiger partial charge in [-0.1, -0.05) is 39.0 Å². The monoisotopic (exact) mass is 288 g/mol. The summed E-state index contributed by atoms with van der Waals surface area (Å²) in [7, 11) is 0. The number of piperazine rings is 1. The number of anilines is 1. The number of rotatable bonds is 3. The van der Waals surface area contributed by atoms with Gasteiger partial charge < -0.3 is 5.32 Å². The van der Waals surface area contributed by atoms with Gasteiger partial charge in [-0.3, -0.25) is 14.5 Å². The third-order valence-corrected chi connectivity index (χ3v) is 4.01. The Balaban J connectivity index is 2.57. The van der Waals surface area contributed by atoms with E-state index < -0.39 is 11.6 Å². The first-order valence-electron chi connectivity index (χ1n) is 7.54. The predicted octanol–water partition coefficient (Wildman–Crippen LogP) is 2.83.